The Labute approximate surface area is 234 Å². The van der Waals surface area contributed by atoms with Gasteiger partial charge in [-0.1, -0.05) is 49.7 Å². The standard InChI is InChI=1S/C29H39N5O6/c1-4-6-22-9-10-23(20(2)34(3)28(38)17-32-19-36)15-25(22)24-8-5-7-21(13-24)14-26(29(39)40-12-11-30)33-27(37)16-31-18-35/h5,7-10,13,15,18-20,26H,4,6,11-12,14,16-17,30H2,1-3H3,(H,31,35)(H,32,36)(H,33,37). The normalized spacial score (nSPS) is 12.0. The monoisotopic (exact) mass is 553 g/mol. The molecule has 0 heterocycles. The molecule has 0 saturated heterocycles. The van der Waals surface area contributed by atoms with Gasteiger partial charge in [0.1, 0.15) is 12.6 Å². The number of carbonyl (C=O) groups is 5. The summed E-state index contributed by atoms with van der Waals surface area (Å²) in [6.45, 7) is 3.85. The van der Waals surface area contributed by atoms with E-state index in [1.54, 1.807) is 11.9 Å². The summed E-state index contributed by atoms with van der Waals surface area (Å²) in [5, 5.41) is 7.31. The molecule has 0 aliphatic carbocycles. The molecule has 2 rings (SSSR count). The number of rotatable bonds is 17. The second-order valence-electron chi connectivity index (χ2n) is 9.33. The average Bonchev–Trinajstić information content (AvgIpc) is 2.96. The van der Waals surface area contributed by atoms with Gasteiger partial charge in [-0.15, -0.1) is 0 Å². The largest absolute Gasteiger partial charge is 0.463 e. The van der Waals surface area contributed by atoms with E-state index in [2.05, 4.69) is 35.0 Å². The van der Waals surface area contributed by atoms with E-state index < -0.39 is 17.9 Å². The highest BCUT2D eigenvalue weighted by molar-refractivity contribution is 5.86. The topological polar surface area (TPSA) is 160 Å². The van der Waals surface area contributed by atoms with Crippen molar-refractivity contribution in [2.75, 3.05) is 33.3 Å². The van der Waals surface area contributed by atoms with E-state index in [1.807, 2.05) is 37.3 Å². The van der Waals surface area contributed by atoms with Crippen LogP contribution in [0.15, 0.2) is 42.5 Å². The first-order valence-electron chi connectivity index (χ1n) is 13.2. The van der Waals surface area contributed by atoms with Crippen LogP contribution in [0, 0.1) is 0 Å². The summed E-state index contributed by atoms with van der Waals surface area (Å²) in [5.74, 6) is -1.35. The highest BCUT2D eigenvalue weighted by atomic mass is 16.5. The molecular weight excluding hydrogens is 514 g/mol. The maximum Gasteiger partial charge on any atom is 0.329 e. The molecule has 2 aromatic rings. The SMILES string of the molecule is CCCc1ccc(C(C)N(C)C(=O)CNC=O)cc1-c1cccc(CC(NC(=O)CNC=O)C(=O)OCCN)c1. The van der Waals surface area contributed by atoms with E-state index in [-0.39, 0.29) is 44.6 Å². The molecule has 0 spiro atoms. The molecule has 0 bridgehead atoms. The van der Waals surface area contributed by atoms with Gasteiger partial charge in [0.15, 0.2) is 0 Å². The predicted octanol–water partition coefficient (Wildman–Crippen LogP) is 0.847. The van der Waals surface area contributed by atoms with E-state index in [0.29, 0.717) is 12.8 Å². The fraction of sp³-hybridized carbons (Fsp3) is 0.414. The van der Waals surface area contributed by atoms with Crippen LogP contribution >= 0.6 is 0 Å². The van der Waals surface area contributed by atoms with E-state index in [0.717, 1.165) is 40.7 Å². The van der Waals surface area contributed by atoms with Gasteiger partial charge in [0.2, 0.25) is 24.6 Å². The van der Waals surface area contributed by atoms with Gasteiger partial charge < -0.3 is 31.3 Å². The molecule has 0 aromatic heterocycles. The molecule has 2 unspecified atom stereocenters. The van der Waals surface area contributed by atoms with E-state index in [4.69, 9.17) is 10.5 Å². The molecule has 0 fully saturated rings. The van der Waals surface area contributed by atoms with Gasteiger partial charge in [0.05, 0.1) is 19.1 Å². The van der Waals surface area contributed by atoms with Crippen molar-refractivity contribution in [1.29, 1.82) is 0 Å². The molecule has 216 valence electrons. The summed E-state index contributed by atoms with van der Waals surface area (Å²) in [6.07, 6.45) is 2.86. The number of hydrogen-bond acceptors (Lipinski definition) is 7. The third kappa shape index (κ3) is 9.49. The van der Waals surface area contributed by atoms with Gasteiger partial charge in [0.25, 0.3) is 0 Å². The van der Waals surface area contributed by atoms with Crippen molar-refractivity contribution in [3.63, 3.8) is 0 Å². The molecule has 11 heteroatoms. The van der Waals surface area contributed by atoms with Crippen molar-refractivity contribution in [2.45, 2.75) is 45.2 Å². The number of ether oxygens (including phenoxy) is 1. The summed E-state index contributed by atoms with van der Waals surface area (Å²) in [4.78, 5) is 60.1. The van der Waals surface area contributed by atoms with E-state index in [9.17, 15) is 24.0 Å². The molecule has 4 amide bonds. The third-order valence-electron chi connectivity index (χ3n) is 6.45. The van der Waals surface area contributed by atoms with Crippen LogP contribution in [0.5, 0.6) is 0 Å². The minimum Gasteiger partial charge on any atom is -0.463 e. The number of nitrogens with two attached hydrogens (primary N) is 1. The lowest BCUT2D eigenvalue weighted by Crippen LogP contribution is -2.46. The summed E-state index contributed by atoms with van der Waals surface area (Å²) in [7, 11) is 1.70. The Balaban J connectivity index is 2.38. The number of aryl methyl sites for hydroxylation is 1. The van der Waals surface area contributed by atoms with Crippen molar-refractivity contribution in [2.24, 2.45) is 5.73 Å². The molecular formula is C29H39N5O6. The molecule has 40 heavy (non-hydrogen) atoms. The molecule has 11 nitrogen and oxygen atoms in total. The summed E-state index contributed by atoms with van der Waals surface area (Å²) < 4.78 is 5.18. The maximum atomic E-state index is 12.7. The van der Waals surface area contributed by atoms with E-state index >= 15 is 0 Å². The highest BCUT2D eigenvalue weighted by Gasteiger charge is 2.23. The lowest BCUT2D eigenvalue weighted by atomic mass is 9.91. The van der Waals surface area contributed by atoms with Crippen molar-refractivity contribution in [1.82, 2.24) is 20.9 Å². The number of carbonyl (C=O) groups excluding carboxylic acids is 5. The van der Waals surface area contributed by atoms with Crippen LogP contribution in [-0.2, 0) is 41.6 Å². The lowest BCUT2D eigenvalue weighted by molar-refractivity contribution is -0.147. The second-order valence-corrected chi connectivity index (χ2v) is 9.33. The first-order chi connectivity index (χ1) is 19.2. The zero-order valence-corrected chi connectivity index (χ0v) is 23.3. The molecule has 5 N–H and O–H groups in total. The fourth-order valence-electron chi connectivity index (χ4n) is 4.24. The van der Waals surface area contributed by atoms with Gasteiger partial charge in [-0.05, 0) is 47.2 Å². The average molecular weight is 554 g/mol. The predicted molar refractivity (Wildman–Crippen MR) is 151 cm³/mol. The fourth-order valence-corrected chi connectivity index (χ4v) is 4.24. The van der Waals surface area contributed by atoms with Crippen LogP contribution in [0.4, 0.5) is 0 Å². The van der Waals surface area contributed by atoms with Crippen molar-refractivity contribution in [3.8, 4) is 11.1 Å². The number of hydrogen-bond donors (Lipinski definition) is 4. The van der Waals surface area contributed by atoms with Crippen LogP contribution in [0.2, 0.25) is 0 Å². The second kappa shape index (κ2) is 16.7. The highest BCUT2D eigenvalue weighted by Crippen LogP contribution is 2.31. The van der Waals surface area contributed by atoms with Crippen LogP contribution in [0.3, 0.4) is 0 Å². The lowest BCUT2D eigenvalue weighted by Gasteiger charge is -2.26. The molecule has 0 aliphatic rings. The Kier molecular flexibility index (Phi) is 13.3. The number of nitrogens with zero attached hydrogens (tertiary/aromatic N) is 1. The van der Waals surface area contributed by atoms with Crippen molar-refractivity contribution < 1.29 is 28.7 Å². The molecule has 0 aliphatic heterocycles. The zero-order valence-electron chi connectivity index (χ0n) is 23.3. The number of amides is 4. The number of likely N-dealkylation sites (N-methyl/N-ethyl adjacent to an activating group) is 1. The van der Waals surface area contributed by atoms with E-state index in [1.165, 1.54) is 0 Å². The Hall–Kier alpha value is -4.25. The van der Waals surface area contributed by atoms with Gasteiger partial charge in [0, 0.05) is 20.0 Å². The summed E-state index contributed by atoms with van der Waals surface area (Å²) in [6, 6.07) is 12.6. The van der Waals surface area contributed by atoms with Crippen LogP contribution in [0.1, 0.15) is 43.0 Å². The Morgan fingerprint density at radius 1 is 1.05 bits per heavy atom. The van der Waals surface area contributed by atoms with Crippen molar-refractivity contribution >= 4 is 30.6 Å². The van der Waals surface area contributed by atoms with Crippen molar-refractivity contribution in [3.05, 3.63) is 59.2 Å². The van der Waals surface area contributed by atoms with Crippen LogP contribution in [0.25, 0.3) is 11.1 Å². The van der Waals surface area contributed by atoms with Crippen LogP contribution in [-0.4, -0.2) is 74.8 Å². The van der Waals surface area contributed by atoms with Gasteiger partial charge in [-0.2, -0.15) is 0 Å². The Morgan fingerprint density at radius 2 is 1.77 bits per heavy atom. The molecule has 2 aromatic carbocycles. The number of esters is 1. The molecule has 2 atom stereocenters. The number of benzene rings is 2. The molecule has 0 radical (unpaired) electrons. The smallest absolute Gasteiger partial charge is 0.329 e. The third-order valence-corrected chi connectivity index (χ3v) is 6.45. The van der Waals surface area contributed by atoms with Gasteiger partial charge >= 0.3 is 5.97 Å². The van der Waals surface area contributed by atoms with Gasteiger partial charge in [-0.25, -0.2) is 4.79 Å². The van der Waals surface area contributed by atoms with Gasteiger partial charge in [-0.3, -0.25) is 19.2 Å². The quantitative estimate of drug-likeness (QED) is 0.167. The first-order valence-corrected chi connectivity index (χ1v) is 13.2. The molecule has 0 saturated carbocycles. The Bertz CT molecular complexity index is 1170. The Morgan fingerprint density at radius 3 is 2.45 bits per heavy atom. The first kappa shape index (κ1) is 32.0. The minimum atomic E-state index is -0.969. The zero-order chi connectivity index (χ0) is 29.5. The number of nitrogens with one attached hydrogen (secondary N) is 3. The van der Waals surface area contributed by atoms with Crippen LogP contribution < -0.4 is 21.7 Å². The minimum absolute atomic E-state index is 0.0192. The maximum absolute atomic E-state index is 12.7. The summed E-state index contributed by atoms with van der Waals surface area (Å²) >= 11 is 0. The summed E-state index contributed by atoms with van der Waals surface area (Å²) in [5.41, 5.74) is 10.2.